The first-order valence-corrected chi connectivity index (χ1v) is 10.4. The maximum absolute atomic E-state index is 12.0. The second kappa shape index (κ2) is 13.5. The molecule has 0 aliphatic heterocycles. The summed E-state index contributed by atoms with van der Waals surface area (Å²) in [6.07, 6.45) is 6.42. The zero-order valence-electron chi connectivity index (χ0n) is 14.9. The van der Waals surface area contributed by atoms with E-state index in [2.05, 4.69) is 26.5 Å². The fourth-order valence-electron chi connectivity index (χ4n) is 2.15. The van der Waals surface area contributed by atoms with Crippen molar-refractivity contribution in [2.75, 3.05) is 33.7 Å². The molecule has 1 heterocycles. The fourth-order valence-corrected chi connectivity index (χ4v) is 4.22. The van der Waals surface area contributed by atoms with E-state index in [4.69, 9.17) is 0 Å². The SMILES string of the molecule is C=CCCCCCN(C)C(=NC)NCCNS(=O)(=O)c1cccs1.I. The highest BCUT2D eigenvalue weighted by atomic mass is 127. The molecular formula is C16H29IN4O2S2. The Morgan fingerprint density at radius 2 is 2.12 bits per heavy atom. The molecule has 0 fully saturated rings. The van der Waals surface area contributed by atoms with E-state index >= 15 is 0 Å². The van der Waals surface area contributed by atoms with Crippen LogP contribution >= 0.6 is 35.3 Å². The van der Waals surface area contributed by atoms with E-state index in [0.717, 1.165) is 38.2 Å². The summed E-state index contributed by atoms with van der Waals surface area (Å²) >= 11 is 1.21. The first-order chi connectivity index (χ1) is 11.5. The van der Waals surface area contributed by atoms with Gasteiger partial charge in [-0.25, -0.2) is 13.1 Å². The zero-order chi connectivity index (χ0) is 17.8. The highest BCUT2D eigenvalue weighted by Crippen LogP contribution is 2.14. The van der Waals surface area contributed by atoms with E-state index < -0.39 is 10.0 Å². The number of nitrogens with one attached hydrogen (secondary N) is 2. The number of nitrogens with zero attached hydrogens (tertiary/aromatic N) is 2. The lowest BCUT2D eigenvalue weighted by atomic mass is 10.2. The molecule has 1 rings (SSSR count). The normalized spacial score (nSPS) is 11.7. The Morgan fingerprint density at radius 1 is 1.36 bits per heavy atom. The lowest BCUT2D eigenvalue weighted by Gasteiger charge is -2.22. The van der Waals surface area contributed by atoms with E-state index in [9.17, 15) is 8.42 Å². The number of hydrogen-bond donors (Lipinski definition) is 2. The number of hydrogen-bond acceptors (Lipinski definition) is 4. The van der Waals surface area contributed by atoms with Gasteiger partial charge in [0.1, 0.15) is 4.21 Å². The van der Waals surface area contributed by atoms with E-state index in [-0.39, 0.29) is 24.0 Å². The quantitative estimate of drug-likeness (QED) is 0.161. The predicted octanol–water partition coefficient (Wildman–Crippen LogP) is 2.90. The molecule has 2 N–H and O–H groups in total. The number of halogens is 1. The topological polar surface area (TPSA) is 73.8 Å². The van der Waals surface area contributed by atoms with Crippen LogP contribution in [0.3, 0.4) is 0 Å². The van der Waals surface area contributed by atoms with Crippen LogP contribution in [0.25, 0.3) is 0 Å². The predicted molar refractivity (Wildman–Crippen MR) is 118 cm³/mol. The van der Waals surface area contributed by atoms with Crippen molar-refractivity contribution < 1.29 is 8.42 Å². The number of unbranched alkanes of at least 4 members (excludes halogenated alkanes) is 3. The second-order valence-corrected chi connectivity index (χ2v) is 8.30. The van der Waals surface area contributed by atoms with Crippen molar-refractivity contribution >= 4 is 51.3 Å². The van der Waals surface area contributed by atoms with Crippen molar-refractivity contribution in [3.63, 3.8) is 0 Å². The second-order valence-electron chi connectivity index (χ2n) is 5.36. The van der Waals surface area contributed by atoms with Crippen LogP contribution in [-0.4, -0.2) is 53.0 Å². The van der Waals surface area contributed by atoms with Crippen LogP contribution in [0.2, 0.25) is 0 Å². The van der Waals surface area contributed by atoms with Gasteiger partial charge in [-0.1, -0.05) is 18.6 Å². The minimum Gasteiger partial charge on any atom is -0.355 e. The van der Waals surface area contributed by atoms with Gasteiger partial charge in [0.2, 0.25) is 10.0 Å². The van der Waals surface area contributed by atoms with Crippen molar-refractivity contribution in [1.82, 2.24) is 14.9 Å². The zero-order valence-corrected chi connectivity index (χ0v) is 18.9. The molecule has 0 saturated heterocycles. The number of rotatable bonds is 11. The van der Waals surface area contributed by atoms with Crippen LogP contribution in [0.4, 0.5) is 0 Å². The van der Waals surface area contributed by atoms with Gasteiger partial charge in [0.05, 0.1) is 0 Å². The first kappa shape index (κ1) is 24.4. The van der Waals surface area contributed by atoms with Crippen molar-refractivity contribution in [2.45, 2.75) is 29.9 Å². The Hall–Kier alpha value is -0.650. The molecule has 1 aromatic heterocycles. The van der Waals surface area contributed by atoms with E-state index in [1.54, 1.807) is 24.6 Å². The summed E-state index contributed by atoms with van der Waals surface area (Å²) in [6.45, 7) is 5.43. The molecule has 6 nitrogen and oxygen atoms in total. The van der Waals surface area contributed by atoms with Crippen LogP contribution in [0.5, 0.6) is 0 Å². The highest BCUT2D eigenvalue weighted by Gasteiger charge is 2.14. The van der Waals surface area contributed by atoms with Crippen LogP contribution in [-0.2, 0) is 10.0 Å². The van der Waals surface area contributed by atoms with Gasteiger partial charge in [-0.05, 0) is 30.7 Å². The van der Waals surface area contributed by atoms with Gasteiger partial charge in [-0.2, -0.15) is 0 Å². The lowest BCUT2D eigenvalue weighted by molar-refractivity contribution is 0.455. The van der Waals surface area contributed by atoms with Gasteiger partial charge in [-0.15, -0.1) is 41.9 Å². The van der Waals surface area contributed by atoms with Crippen molar-refractivity contribution in [1.29, 1.82) is 0 Å². The molecular weight excluding hydrogens is 471 g/mol. The smallest absolute Gasteiger partial charge is 0.250 e. The summed E-state index contributed by atoms with van der Waals surface area (Å²) < 4.78 is 26.9. The number of guanidine groups is 1. The number of aliphatic imine (C=N–C) groups is 1. The molecule has 1 aromatic rings. The van der Waals surface area contributed by atoms with Crippen LogP contribution in [0.15, 0.2) is 39.4 Å². The summed E-state index contributed by atoms with van der Waals surface area (Å²) in [5.41, 5.74) is 0. The van der Waals surface area contributed by atoms with Crippen LogP contribution in [0.1, 0.15) is 25.7 Å². The van der Waals surface area contributed by atoms with Crippen molar-refractivity contribution in [3.8, 4) is 0 Å². The molecule has 0 spiro atoms. The maximum Gasteiger partial charge on any atom is 0.250 e. The molecule has 0 aliphatic rings. The lowest BCUT2D eigenvalue weighted by Crippen LogP contribution is -2.42. The third-order valence-corrected chi connectivity index (χ3v) is 6.29. The number of sulfonamides is 1. The highest BCUT2D eigenvalue weighted by molar-refractivity contribution is 14.0. The average molecular weight is 500 g/mol. The van der Waals surface area contributed by atoms with E-state index in [0.29, 0.717) is 17.3 Å². The van der Waals surface area contributed by atoms with Gasteiger partial charge >= 0.3 is 0 Å². The first-order valence-electron chi connectivity index (χ1n) is 8.07. The molecule has 0 unspecified atom stereocenters. The fraction of sp³-hybridized carbons (Fsp3) is 0.562. The molecule has 9 heteroatoms. The van der Waals surface area contributed by atoms with Gasteiger partial charge in [0.25, 0.3) is 0 Å². The summed E-state index contributed by atoms with van der Waals surface area (Å²) in [5, 5.41) is 4.92. The van der Waals surface area contributed by atoms with E-state index in [1.807, 2.05) is 13.1 Å². The largest absolute Gasteiger partial charge is 0.355 e. The van der Waals surface area contributed by atoms with Crippen LogP contribution in [0, 0.1) is 0 Å². The van der Waals surface area contributed by atoms with Gasteiger partial charge in [-0.3, -0.25) is 4.99 Å². The monoisotopic (exact) mass is 500 g/mol. The number of allylic oxidation sites excluding steroid dienone is 1. The summed E-state index contributed by atoms with van der Waals surface area (Å²) in [5.74, 6) is 0.772. The van der Waals surface area contributed by atoms with Crippen molar-refractivity contribution in [2.24, 2.45) is 4.99 Å². The molecule has 0 saturated carbocycles. The average Bonchev–Trinajstić information content (AvgIpc) is 3.10. The molecule has 0 aliphatic carbocycles. The third-order valence-electron chi connectivity index (χ3n) is 3.44. The summed E-state index contributed by atoms with van der Waals surface area (Å²) in [4.78, 5) is 6.28. The third kappa shape index (κ3) is 9.57. The molecule has 0 radical (unpaired) electrons. The molecule has 0 amide bonds. The molecule has 144 valence electrons. The minimum absolute atomic E-state index is 0. The van der Waals surface area contributed by atoms with Crippen molar-refractivity contribution in [3.05, 3.63) is 30.2 Å². The molecule has 0 aromatic carbocycles. The Labute approximate surface area is 172 Å². The summed E-state index contributed by atoms with van der Waals surface area (Å²) in [7, 11) is 0.315. The van der Waals surface area contributed by atoms with Gasteiger partial charge in [0, 0.05) is 33.7 Å². The summed E-state index contributed by atoms with van der Waals surface area (Å²) in [6, 6.07) is 3.32. The Kier molecular flexibility index (Phi) is 13.2. The Balaban J connectivity index is 0.00000576. The maximum atomic E-state index is 12.0. The van der Waals surface area contributed by atoms with Gasteiger partial charge < -0.3 is 10.2 Å². The van der Waals surface area contributed by atoms with E-state index in [1.165, 1.54) is 11.3 Å². The number of thiophene rings is 1. The molecule has 25 heavy (non-hydrogen) atoms. The van der Waals surface area contributed by atoms with Crippen LogP contribution < -0.4 is 10.0 Å². The Morgan fingerprint density at radius 3 is 2.72 bits per heavy atom. The standard InChI is InChI=1S/C16H28N4O2S2.HI/c1-4-5-6-7-8-13-20(3)16(17-2)18-11-12-19-24(21,22)15-10-9-14-23-15;/h4,9-10,14,19H,1,5-8,11-13H2,2-3H3,(H,17,18);1H. The molecule has 0 bridgehead atoms. The van der Waals surface area contributed by atoms with Gasteiger partial charge in [0.15, 0.2) is 5.96 Å². The molecule has 0 atom stereocenters. The Bertz CT molecular complexity index is 604. The minimum atomic E-state index is -3.40.